The summed E-state index contributed by atoms with van der Waals surface area (Å²) in [5, 5.41) is 3.13. The van der Waals surface area contributed by atoms with Crippen molar-refractivity contribution in [2.24, 2.45) is 0 Å². The number of aryl methyl sites for hydroxylation is 2. The highest BCUT2D eigenvalue weighted by atomic mass is 79.9. The molecule has 0 fully saturated rings. The van der Waals surface area contributed by atoms with Crippen LogP contribution < -0.4 is 11.1 Å². The predicted molar refractivity (Wildman–Crippen MR) is 87.4 cm³/mol. The van der Waals surface area contributed by atoms with Crippen LogP contribution in [0.15, 0.2) is 34.8 Å². The van der Waals surface area contributed by atoms with E-state index in [0.717, 1.165) is 21.3 Å². The van der Waals surface area contributed by atoms with E-state index >= 15 is 0 Å². The number of anilines is 2. The molecule has 0 unspecified atom stereocenters. The number of nitrogens with one attached hydrogen (secondary N) is 1. The third kappa shape index (κ3) is 2.97. The van der Waals surface area contributed by atoms with Crippen LogP contribution >= 0.6 is 27.5 Å². The van der Waals surface area contributed by atoms with Crippen LogP contribution in [0.5, 0.6) is 0 Å². The van der Waals surface area contributed by atoms with Gasteiger partial charge in [0.15, 0.2) is 0 Å². The van der Waals surface area contributed by atoms with Crippen molar-refractivity contribution in [2.45, 2.75) is 13.8 Å². The summed E-state index contributed by atoms with van der Waals surface area (Å²) in [7, 11) is 0. The smallest absolute Gasteiger partial charge is 0.257 e. The Bertz CT molecular complexity index is 663. The van der Waals surface area contributed by atoms with Crippen molar-refractivity contribution in [2.75, 3.05) is 11.1 Å². The lowest BCUT2D eigenvalue weighted by Gasteiger charge is -2.13. The Morgan fingerprint density at radius 3 is 2.65 bits per heavy atom. The predicted octanol–water partition coefficient (Wildman–Crippen LogP) is 4.55. The van der Waals surface area contributed by atoms with Crippen molar-refractivity contribution >= 4 is 44.8 Å². The van der Waals surface area contributed by atoms with Crippen LogP contribution in [0.25, 0.3) is 0 Å². The molecule has 0 radical (unpaired) electrons. The minimum atomic E-state index is -0.282. The molecule has 0 atom stereocenters. The zero-order valence-electron chi connectivity index (χ0n) is 11.1. The first-order chi connectivity index (χ1) is 9.40. The average molecular weight is 354 g/mol. The Kier molecular flexibility index (Phi) is 4.35. The molecule has 104 valence electrons. The van der Waals surface area contributed by atoms with Gasteiger partial charge in [-0.15, -0.1) is 0 Å². The summed E-state index contributed by atoms with van der Waals surface area (Å²) < 4.78 is 0.836. The molecule has 0 aliphatic heterocycles. The molecule has 0 aliphatic carbocycles. The first-order valence-electron chi connectivity index (χ1n) is 6.02. The molecular formula is C15H14BrClN2O. The third-order valence-electron chi connectivity index (χ3n) is 2.94. The highest BCUT2D eigenvalue weighted by molar-refractivity contribution is 9.10. The van der Waals surface area contributed by atoms with Gasteiger partial charge in [0.05, 0.1) is 22.0 Å². The molecule has 2 aromatic carbocycles. The van der Waals surface area contributed by atoms with Gasteiger partial charge in [-0.05, 0) is 59.1 Å². The summed E-state index contributed by atoms with van der Waals surface area (Å²) in [5.74, 6) is -0.282. The highest BCUT2D eigenvalue weighted by Crippen LogP contribution is 2.29. The van der Waals surface area contributed by atoms with Crippen LogP contribution in [-0.2, 0) is 0 Å². The van der Waals surface area contributed by atoms with Crippen LogP contribution in [0, 0.1) is 13.8 Å². The Balaban J connectivity index is 2.36. The van der Waals surface area contributed by atoms with E-state index < -0.39 is 0 Å². The Labute approximate surface area is 131 Å². The van der Waals surface area contributed by atoms with Gasteiger partial charge in [0.25, 0.3) is 5.91 Å². The van der Waals surface area contributed by atoms with Crippen LogP contribution in [0.3, 0.4) is 0 Å². The third-order valence-corrected chi connectivity index (χ3v) is 3.99. The van der Waals surface area contributed by atoms with E-state index in [1.165, 1.54) is 0 Å². The van der Waals surface area contributed by atoms with Crippen molar-refractivity contribution in [3.8, 4) is 0 Å². The van der Waals surface area contributed by atoms with Gasteiger partial charge in [0, 0.05) is 4.47 Å². The second-order valence-electron chi connectivity index (χ2n) is 4.60. The summed E-state index contributed by atoms with van der Waals surface area (Å²) >= 11 is 9.52. The quantitative estimate of drug-likeness (QED) is 0.778. The molecule has 0 heterocycles. The number of hydrogen-bond donors (Lipinski definition) is 2. The van der Waals surface area contributed by atoms with E-state index in [1.807, 2.05) is 26.0 Å². The molecule has 20 heavy (non-hydrogen) atoms. The van der Waals surface area contributed by atoms with Gasteiger partial charge in [0.2, 0.25) is 0 Å². The lowest BCUT2D eigenvalue weighted by atomic mass is 10.1. The normalized spacial score (nSPS) is 10.4. The standard InChI is InChI=1S/C15H14BrClN2O/c1-8-6-9(2)14(11(16)7-8)19-15(20)10-4-3-5-12(18)13(10)17/h3-7H,18H2,1-2H3,(H,19,20). The maximum Gasteiger partial charge on any atom is 0.257 e. The number of rotatable bonds is 2. The van der Waals surface area contributed by atoms with Crippen molar-refractivity contribution in [3.63, 3.8) is 0 Å². The first-order valence-corrected chi connectivity index (χ1v) is 7.19. The van der Waals surface area contributed by atoms with Gasteiger partial charge in [0.1, 0.15) is 0 Å². The molecule has 0 saturated carbocycles. The zero-order valence-corrected chi connectivity index (χ0v) is 13.5. The molecule has 0 spiro atoms. The minimum Gasteiger partial charge on any atom is -0.398 e. The Morgan fingerprint density at radius 1 is 1.30 bits per heavy atom. The number of halogens is 2. The van der Waals surface area contributed by atoms with Gasteiger partial charge in [-0.1, -0.05) is 23.7 Å². The van der Waals surface area contributed by atoms with E-state index in [9.17, 15) is 4.79 Å². The number of benzene rings is 2. The number of carbonyl (C=O) groups excluding carboxylic acids is 1. The van der Waals surface area contributed by atoms with E-state index in [2.05, 4.69) is 21.2 Å². The SMILES string of the molecule is Cc1cc(C)c(NC(=O)c2cccc(N)c2Cl)c(Br)c1. The number of nitrogens with two attached hydrogens (primary N) is 1. The van der Waals surface area contributed by atoms with Gasteiger partial charge >= 0.3 is 0 Å². The molecule has 3 nitrogen and oxygen atoms in total. The summed E-state index contributed by atoms with van der Waals surface area (Å²) in [6.45, 7) is 3.94. The summed E-state index contributed by atoms with van der Waals surface area (Å²) in [4.78, 5) is 12.3. The van der Waals surface area contributed by atoms with Crippen molar-refractivity contribution in [1.29, 1.82) is 0 Å². The van der Waals surface area contributed by atoms with Crippen molar-refractivity contribution in [1.82, 2.24) is 0 Å². The summed E-state index contributed by atoms with van der Waals surface area (Å²) in [5.41, 5.74) is 9.29. The van der Waals surface area contributed by atoms with E-state index in [1.54, 1.807) is 18.2 Å². The largest absolute Gasteiger partial charge is 0.398 e. The lowest BCUT2D eigenvalue weighted by molar-refractivity contribution is 0.102. The highest BCUT2D eigenvalue weighted by Gasteiger charge is 2.15. The summed E-state index contributed by atoms with van der Waals surface area (Å²) in [6.07, 6.45) is 0. The molecule has 2 aromatic rings. The molecular weight excluding hydrogens is 340 g/mol. The fourth-order valence-electron chi connectivity index (χ4n) is 1.98. The molecule has 0 bridgehead atoms. The van der Waals surface area contributed by atoms with Crippen LogP contribution in [0.1, 0.15) is 21.5 Å². The average Bonchev–Trinajstić information content (AvgIpc) is 2.36. The fourth-order valence-corrected chi connectivity index (χ4v) is 2.96. The number of nitrogen functional groups attached to an aromatic ring is 1. The van der Waals surface area contributed by atoms with Gasteiger partial charge in [-0.3, -0.25) is 4.79 Å². The topological polar surface area (TPSA) is 55.1 Å². The molecule has 0 aromatic heterocycles. The van der Waals surface area contributed by atoms with Gasteiger partial charge in [-0.2, -0.15) is 0 Å². The van der Waals surface area contributed by atoms with Gasteiger partial charge in [-0.25, -0.2) is 0 Å². The lowest BCUT2D eigenvalue weighted by Crippen LogP contribution is -2.14. The van der Waals surface area contributed by atoms with Gasteiger partial charge < -0.3 is 11.1 Å². The first kappa shape index (κ1) is 14.9. The summed E-state index contributed by atoms with van der Waals surface area (Å²) in [6, 6.07) is 8.95. The molecule has 3 N–H and O–H groups in total. The zero-order chi connectivity index (χ0) is 14.9. The fraction of sp³-hybridized carbons (Fsp3) is 0.133. The van der Waals surface area contributed by atoms with Crippen LogP contribution in [0.4, 0.5) is 11.4 Å². The van der Waals surface area contributed by atoms with Crippen molar-refractivity contribution < 1.29 is 4.79 Å². The Morgan fingerprint density at radius 2 is 2.00 bits per heavy atom. The molecule has 0 saturated heterocycles. The second kappa shape index (κ2) is 5.85. The van der Waals surface area contributed by atoms with E-state index in [4.69, 9.17) is 17.3 Å². The van der Waals surface area contributed by atoms with Crippen molar-refractivity contribution in [3.05, 3.63) is 56.5 Å². The monoisotopic (exact) mass is 352 g/mol. The second-order valence-corrected chi connectivity index (χ2v) is 5.83. The number of carbonyl (C=O) groups is 1. The van der Waals surface area contributed by atoms with Crippen LogP contribution in [-0.4, -0.2) is 5.91 Å². The van der Waals surface area contributed by atoms with E-state index in [-0.39, 0.29) is 10.9 Å². The van der Waals surface area contributed by atoms with Crippen LogP contribution in [0.2, 0.25) is 5.02 Å². The Hall–Kier alpha value is -1.52. The minimum absolute atomic E-state index is 0.269. The molecule has 0 aliphatic rings. The number of hydrogen-bond acceptors (Lipinski definition) is 2. The maximum atomic E-state index is 12.3. The maximum absolute atomic E-state index is 12.3. The molecule has 5 heteroatoms. The molecule has 1 amide bonds. The molecule has 2 rings (SSSR count). The van der Waals surface area contributed by atoms with E-state index in [0.29, 0.717) is 11.3 Å². The number of amides is 1.